The summed E-state index contributed by atoms with van der Waals surface area (Å²) in [6, 6.07) is 14.0. The largest absolute Gasteiger partial charge is 0.490 e. The summed E-state index contributed by atoms with van der Waals surface area (Å²) in [5, 5.41) is 32.2. The van der Waals surface area contributed by atoms with Gasteiger partial charge >= 0.3 is 12.1 Å². The highest BCUT2D eigenvalue weighted by Gasteiger charge is 2.38. The van der Waals surface area contributed by atoms with Gasteiger partial charge in [-0.25, -0.2) is 14.2 Å². The fourth-order valence-corrected chi connectivity index (χ4v) is 4.16. The van der Waals surface area contributed by atoms with Crippen molar-refractivity contribution < 1.29 is 42.1 Å². The summed E-state index contributed by atoms with van der Waals surface area (Å²) in [5.41, 5.74) is 13.5. The first-order chi connectivity index (χ1) is 21.6. The third-order valence-electron chi connectivity index (χ3n) is 6.48. The van der Waals surface area contributed by atoms with E-state index in [0.717, 1.165) is 18.2 Å². The third-order valence-corrected chi connectivity index (χ3v) is 6.48. The number of nitrogens with zero attached hydrogens (tertiary/aromatic N) is 4. The summed E-state index contributed by atoms with van der Waals surface area (Å²) in [6.45, 7) is 0.431. The lowest BCUT2D eigenvalue weighted by atomic mass is 10.0. The van der Waals surface area contributed by atoms with E-state index in [-0.39, 0.29) is 41.9 Å². The number of nitrogens with two attached hydrogens (primary N) is 2. The minimum Gasteiger partial charge on any atom is -0.475 e. The first-order valence-electron chi connectivity index (χ1n) is 13.3. The Hall–Kier alpha value is -5.49. The minimum absolute atomic E-state index is 0.00191. The molecule has 1 amide bonds. The number of hydrogen-bond donors (Lipinski definition) is 4. The maximum absolute atomic E-state index is 14.7. The molecule has 0 saturated carbocycles. The quantitative estimate of drug-likeness (QED) is 0.103. The van der Waals surface area contributed by atoms with E-state index in [0.29, 0.717) is 41.5 Å². The lowest BCUT2D eigenvalue weighted by Gasteiger charge is -2.14. The van der Waals surface area contributed by atoms with E-state index in [1.807, 2.05) is 0 Å². The number of halogens is 4. The van der Waals surface area contributed by atoms with Crippen molar-refractivity contribution in [1.82, 2.24) is 14.9 Å². The van der Waals surface area contributed by atoms with E-state index in [2.05, 4.69) is 10.3 Å². The molecule has 14 nitrogen and oxygen atoms in total. The number of aliphatic carboxylic acids is 1. The lowest BCUT2D eigenvalue weighted by Crippen LogP contribution is -2.38. The van der Waals surface area contributed by atoms with E-state index in [9.17, 15) is 42.6 Å². The number of imidazole rings is 1. The highest BCUT2D eigenvalue weighted by molar-refractivity contribution is 5.95. The third kappa shape index (κ3) is 9.02. The van der Waals surface area contributed by atoms with Crippen LogP contribution in [0.2, 0.25) is 0 Å². The Kier molecular flexibility index (Phi) is 11.4. The Labute approximate surface area is 256 Å². The molecule has 244 valence electrons. The number of carboxylic acid groups (broad SMARTS) is 1. The second kappa shape index (κ2) is 15.0. The van der Waals surface area contributed by atoms with Crippen molar-refractivity contribution in [3.05, 3.63) is 98.1 Å². The summed E-state index contributed by atoms with van der Waals surface area (Å²) in [4.78, 5) is 47.7. The number of rotatable bonds is 11. The molecule has 4 aromatic rings. The molecule has 3 aromatic carbocycles. The second-order valence-electron chi connectivity index (χ2n) is 9.77. The highest BCUT2D eigenvalue weighted by Crippen LogP contribution is 2.28. The predicted octanol–water partition coefficient (Wildman–Crippen LogP) is 4.14. The number of nitrogens with one attached hydrogen (secondary N) is 1. The zero-order chi connectivity index (χ0) is 34.2. The van der Waals surface area contributed by atoms with Crippen LogP contribution < -0.4 is 16.8 Å². The van der Waals surface area contributed by atoms with Crippen LogP contribution in [0.15, 0.2) is 60.7 Å². The Morgan fingerprint density at radius 3 is 2.13 bits per heavy atom. The molecule has 6 N–H and O–H groups in total. The maximum Gasteiger partial charge on any atom is 0.490 e. The van der Waals surface area contributed by atoms with Crippen LogP contribution >= 0.6 is 0 Å². The lowest BCUT2D eigenvalue weighted by molar-refractivity contribution is -0.385. The average molecular weight is 650 g/mol. The van der Waals surface area contributed by atoms with Crippen molar-refractivity contribution in [2.45, 2.75) is 31.6 Å². The smallest absolute Gasteiger partial charge is 0.475 e. The molecular weight excluding hydrogens is 622 g/mol. The van der Waals surface area contributed by atoms with Crippen molar-refractivity contribution in [1.29, 1.82) is 0 Å². The van der Waals surface area contributed by atoms with Gasteiger partial charge < -0.3 is 26.5 Å². The molecule has 0 spiro atoms. The number of nitro groups is 2. The van der Waals surface area contributed by atoms with Gasteiger partial charge in [-0.2, -0.15) is 13.2 Å². The van der Waals surface area contributed by atoms with Crippen LogP contribution in [0, 0.1) is 26.0 Å². The number of nitro benzene ring substituents is 2. The summed E-state index contributed by atoms with van der Waals surface area (Å²) < 4.78 is 48.0. The monoisotopic (exact) mass is 649 g/mol. The highest BCUT2D eigenvalue weighted by atomic mass is 19.4. The average Bonchev–Trinajstić information content (AvgIpc) is 3.37. The van der Waals surface area contributed by atoms with Crippen LogP contribution in [0.1, 0.15) is 29.0 Å². The van der Waals surface area contributed by atoms with Crippen molar-refractivity contribution in [2.24, 2.45) is 11.5 Å². The van der Waals surface area contributed by atoms with Gasteiger partial charge in [0.2, 0.25) is 0 Å². The number of aromatic nitrogens is 2. The molecule has 4 rings (SSSR count). The van der Waals surface area contributed by atoms with Gasteiger partial charge in [0.15, 0.2) is 5.82 Å². The molecule has 0 bridgehead atoms. The molecule has 0 aliphatic rings. The fraction of sp³-hybridized carbons (Fsp3) is 0.250. The van der Waals surface area contributed by atoms with E-state index in [1.165, 1.54) is 16.7 Å². The van der Waals surface area contributed by atoms with Gasteiger partial charge in [0.05, 0.1) is 27.4 Å². The number of non-ortho nitro benzene ring substituents is 2. The van der Waals surface area contributed by atoms with Crippen LogP contribution in [-0.2, 0) is 11.3 Å². The van der Waals surface area contributed by atoms with Crippen molar-refractivity contribution in [3.63, 3.8) is 0 Å². The van der Waals surface area contributed by atoms with Gasteiger partial charge in [-0.3, -0.25) is 25.0 Å². The Morgan fingerprint density at radius 2 is 1.57 bits per heavy atom. The summed E-state index contributed by atoms with van der Waals surface area (Å²) >= 11 is 0. The molecule has 46 heavy (non-hydrogen) atoms. The van der Waals surface area contributed by atoms with E-state index < -0.39 is 33.7 Å². The number of benzene rings is 3. The van der Waals surface area contributed by atoms with E-state index >= 15 is 0 Å². The van der Waals surface area contributed by atoms with Gasteiger partial charge in [-0.05, 0) is 60.8 Å². The summed E-state index contributed by atoms with van der Waals surface area (Å²) in [6.07, 6.45) is -3.77. The molecule has 1 aromatic heterocycles. The molecule has 1 unspecified atom stereocenters. The van der Waals surface area contributed by atoms with Crippen molar-refractivity contribution in [3.8, 4) is 11.1 Å². The standard InChI is InChI=1S/C26H26FN7O5.C2HF3O2/c27-22-9-8-21(34(38)39)12-18(22)15-32-24-13-17(16-3-6-20(7-4-16)33(36)37)5-10-23(24)31-25(32)26(35)30-14-19(29)2-1-11-28;3-2(4,5)1(6)7/h3-10,12-13,19H,1-2,11,14-15,28-29H2,(H,30,35);(H,6,7). The van der Waals surface area contributed by atoms with Crippen LogP contribution in [0.4, 0.5) is 28.9 Å². The van der Waals surface area contributed by atoms with Gasteiger partial charge in [-0.1, -0.05) is 6.07 Å². The van der Waals surface area contributed by atoms with E-state index in [4.69, 9.17) is 21.4 Å². The van der Waals surface area contributed by atoms with Crippen molar-refractivity contribution in [2.75, 3.05) is 13.1 Å². The normalized spacial score (nSPS) is 11.8. The molecule has 18 heteroatoms. The molecule has 0 fully saturated rings. The second-order valence-corrected chi connectivity index (χ2v) is 9.77. The minimum atomic E-state index is -5.08. The van der Waals surface area contributed by atoms with Gasteiger partial charge in [0, 0.05) is 42.4 Å². The number of carboxylic acids is 1. The van der Waals surface area contributed by atoms with Crippen molar-refractivity contribution >= 4 is 34.3 Å². The molecule has 1 heterocycles. The first-order valence-corrected chi connectivity index (χ1v) is 13.3. The number of hydrogen-bond acceptors (Lipinski definition) is 9. The number of alkyl halides is 3. The topological polar surface area (TPSA) is 223 Å². The Balaban J connectivity index is 0.000000738. The van der Waals surface area contributed by atoms with Gasteiger partial charge in [0.25, 0.3) is 17.3 Å². The molecule has 0 aliphatic heterocycles. The molecule has 1 atom stereocenters. The van der Waals surface area contributed by atoms with Crippen LogP contribution in [0.5, 0.6) is 0 Å². The molecule has 0 saturated heterocycles. The fourth-order valence-electron chi connectivity index (χ4n) is 4.16. The maximum atomic E-state index is 14.7. The number of carbonyl (C=O) groups excluding carboxylic acids is 1. The van der Waals surface area contributed by atoms with Crippen LogP contribution in [0.25, 0.3) is 22.2 Å². The summed E-state index contributed by atoms with van der Waals surface area (Å²) in [5.74, 6) is -4.00. The van der Waals surface area contributed by atoms with E-state index in [1.54, 1.807) is 30.3 Å². The number of amides is 1. The zero-order valence-corrected chi connectivity index (χ0v) is 23.7. The summed E-state index contributed by atoms with van der Waals surface area (Å²) in [7, 11) is 0. The van der Waals surface area contributed by atoms with Crippen LogP contribution in [-0.4, -0.2) is 61.7 Å². The molecular formula is C28H27F4N7O7. The van der Waals surface area contributed by atoms with Gasteiger partial charge in [0.1, 0.15) is 5.82 Å². The van der Waals surface area contributed by atoms with Crippen LogP contribution in [0.3, 0.4) is 0 Å². The SMILES string of the molecule is NCCCC(N)CNC(=O)c1nc2ccc(-c3ccc([N+](=O)[O-])cc3)cc2n1Cc1cc([N+](=O)[O-])ccc1F.O=C(O)C(F)(F)F. The number of carbonyl (C=O) groups is 2. The first kappa shape index (κ1) is 35.0. The Morgan fingerprint density at radius 1 is 0.978 bits per heavy atom. The Bertz CT molecular complexity index is 1740. The van der Waals surface area contributed by atoms with Gasteiger partial charge in [-0.15, -0.1) is 0 Å². The number of fused-ring (bicyclic) bond motifs is 1. The zero-order valence-electron chi connectivity index (χ0n) is 23.7. The molecule has 0 aliphatic carbocycles. The predicted molar refractivity (Wildman–Crippen MR) is 156 cm³/mol. The molecule has 0 radical (unpaired) electrons.